The van der Waals surface area contributed by atoms with Crippen LogP contribution in [-0.4, -0.2) is 0 Å². The minimum Gasteiger partial charge on any atom is -0.402 e. The molecule has 1 nitrogen and oxygen atoms in total. The van der Waals surface area contributed by atoms with E-state index in [4.69, 9.17) is 5.73 Å². The van der Waals surface area contributed by atoms with Crippen LogP contribution in [0.1, 0.15) is 40.0 Å². The van der Waals surface area contributed by atoms with Crippen LogP contribution >= 0.6 is 0 Å². The van der Waals surface area contributed by atoms with Crippen molar-refractivity contribution in [3.8, 4) is 0 Å². The van der Waals surface area contributed by atoms with Crippen molar-refractivity contribution in [2.45, 2.75) is 40.0 Å². The van der Waals surface area contributed by atoms with E-state index >= 15 is 0 Å². The third kappa shape index (κ3) is 4.65. The molecule has 1 aliphatic carbocycles. The lowest BCUT2D eigenvalue weighted by atomic mass is 10.1. The van der Waals surface area contributed by atoms with E-state index in [0.717, 1.165) is 18.5 Å². The molecule has 0 aromatic carbocycles. The number of nitrogens with two attached hydrogens (primary N) is 1. The van der Waals surface area contributed by atoms with Crippen molar-refractivity contribution < 1.29 is 0 Å². The van der Waals surface area contributed by atoms with E-state index in [2.05, 4.69) is 26.0 Å². The Bertz CT molecular complexity index is 154. The lowest BCUT2D eigenvalue weighted by Gasteiger charge is -2.06. The largest absolute Gasteiger partial charge is 0.402 e. The minimum absolute atomic E-state index is 1.04. The Morgan fingerprint density at radius 1 is 1.45 bits per heavy atom. The summed E-state index contributed by atoms with van der Waals surface area (Å²) >= 11 is 0. The highest BCUT2D eigenvalue weighted by Crippen LogP contribution is 2.12. The number of hydrogen-bond donors (Lipinski definition) is 1. The first-order valence-corrected chi connectivity index (χ1v) is 4.34. The van der Waals surface area contributed by atoms with Crippen molar-refractivity contribution in [3.05, 3.63) is 23.4 Å². The number of hydrogen-bond acceptors (Lipinski definition) is 1. The lowest BCUT2D eigenvalue weighted by Crippen LogP contribution is -2.01. The molecule has 0 saturated carbocycles. The molecule has 0 amide bonds. The Morgan fingerprint density at radius 2 is 2.00 bits per heavy atom. The first kappa shape index (κ1) is 10.3. The molecular formula is C10H19N. The Hall–Kier alpha value is -0.720. The van der Waals surface area contributed by atoms with Crippen molar-refractivity contribution in [3.63, 3.8) is 0 Å². The second-order valence-corrected chi connectivity index (χ2v) is 2.86. The molecule has 1 heteroatoms. The molecule has 2 N–H and O–H groups in total. The van der Waals surface area contributed by atoms with Gasteiger partial charge >= 0.3 is 0 Å². The summed E-state index contributed by atoms with van der Waals surface area (Å²) < 4.78 is 0. The van der Waals surface area contributed by atoms with Gasteiger partial charge in [0.1, 0.15) is 0 Å². The van der Waals surface area contributed by atoms with Crippen LogP contribution in [0.15, 0.2) is 23.4 Å². The maximum absolute atomic E-state index is 5.61. The predicted octanol–water partition coefficient (Wildman–Crippen LogP) is 2.99. The molecule has 0 bridgehead atoms. The molecule has 11 heavy (non-hydrogen) atoms. The van der Waals surface area contributed by atoms with E-state index in [1.54, 1.807) is 0 Å². The van der Waals surface area contributed by atoms with E-state index in [1.165, 1.54) is 12.0 Å². The Labute approximate surface area is 70.0 Å². The van der Waals surface area contributed by atoms with Gasteiger partial charge in [-0.3, -0.25) is 0 Å². The first-order chi connectivity index (χ1) is 5.22. The Morgan fingerprint density at radius 3 is 2.27 bits per heavy atom. The summed E-state index contributed by atoms with van der Waals surface area (Å²) in [6.45, 7) is 6.30. The monoisotopic (exact) mass is 153 g/mol. The van der Waals surface area contributed by atoms with Crippen LogP contribution in [0.25, 0.3) is 0 Å². The summed E-state index contributed by atoms with van der Waals surface area (Å²) in [5, 5.41) is 0. The number of allylic oxidation sites excluding steroid dienone is 4. The predicted molar refractivity (Wildman–Crippen MR) is 51.2 cm³/mol. The first-order valence-electron chi connectivity index (χ1n) is 4.34. The van der Waals surface area contributed by atoms with E-state index < -0.39 is 0 Å². The van der Waals surface area contributed by atoms with Crippen LogP contribution in [0.2, 0.25) is 0 Å². The highest BCUT2D eigenvalue weighted by molar-refractivity contribution is 5.25. The van der Waals surface area contributed by atoms with Crippen LogP contribution in [0.5, 0.6) is 0 Å². The molecule has 0 aromatic heterocycles. The quantitative estimate of drug-likeness (QED) is 0.569. The van der Waals surface area contributed by atoms with Crippen molar-refractivity contribution in [1.29, 1.82) is 0 Å². The molecule has 0 aliphatic heterocycles. The molecule has 0 saturated heterocycles. The zero-order chi connectivity index (χ0) is 8.69. The average Bonchev–Trinajstić information content (AvgIpc) is 1.97. The van der Waals surface area contributed by atoms with Gasteiger partial charge in [0, 0.05) is 5.70 Å². The SMILES string of the molecule is CC1=C(N)CCC=C1.CCC. The fourth-order valence-electron chi connectivity index (χ4n) is 0.803. The summed E-state index contributed by atoms with van der Waals surface area (Å²) in [6.07, 6.45) is 7.65. The molecule has 64 valence electrons. The minimum atomic E-state index is 1.04. The standard InChI is InChI=1S/C7H11N.C3H8/c1-6-4-2-3-5-7(6)8;1-3-2/h2,4H,3,5,8H2,1H3;3H2,1-2H3. The zero-order valence-corrected chi connectivity index (χ0v) is 7.85. The normalized spacial score (nSPS) is 15.9. The average molecular weight is 153 g/mol. The van der Waals surface area contributed by atoms with Crippen molar-refractivity contribution >= 4 is 0 Å². The summed E-state index contributed by atoms with van der Waals surface area (Å²) in [4.78, 5) is 0. The van der Waals surface area contributed by atoms with Gasteiger partial charge in [-0.2, -0.15) is 0 Å². The molecule has 0 heterocycles. The molecule has 0 unspecified atom stereocenters. The third-order valence-electron chi connectivity index (χ3n) is 1.45. The topological polar surface area (TPSA) is 26.0 Å². The molecule has 1 rings (SSSR count). The van der Waals surface area contributed by atoms with Crippen LogP contribution in [0, 0.1) is 0 Å². The summed E-state index contributed by atoms with van der Waals surface area (Å²) in [5.74, 6) is 0. The molecular weight excluding hydrogens is 134 g/mol. The summed E-state index contributed by atoms with van der Waals surface area (Å²) in [7, 11) is 0. The molecule has 1 aliphatic rings. The molecule has 0 radical (unpaired) electrons. The molecule has 0 atom stereocenters. The van der Waals surface area contributed by atoms with E-state index in [-0.39, 0.29) is 0 Å². The fourth-order valence-corrected chi connectivity index (χ4v) is 0.803. The van der Waals surface area contributed by atoms with Gasteiger partial charge in [0.15, 0.2) is 0 Å². The van der Waals surface area contributed by atoms with Gasteiger partial charge in [0.2, 0.25) is 0 Å². The highest BCUT2D eigenvalue weighted by atomic mass is 14.6. The maximum atomic E-state index is 5.61. The van der Waals surface area contributed by atoms with Crippen molar-refractivity contribution in [2.24, 2.45) is 5.73 Å². The van der Waals surface area contributed by atoms with Crippen LogP contribution < -0.4 is 5.73 Å². The molecule has 0 aromatic rings. The van der Waals surface area contributed by atoms with Gasteiger partial charge in [0.25, 0.3) is 0 Å². The van der Waals surface area contributed by atoms with Crippen molar-refractivity contribution in [1.82, 2.24) is 0 Å². The van der Waals surface area contributed by atoms with Crippen LogP contribution in [0.4, 0.5) is 0 Å². The zero-order valence-electron chi connectivity index (χ0n) is 7.85. The highest BCUT2D eigenvalue weighted by Gasteiger charge is 1.97. The van der Waals surface area contributed by atoms with Gasteiger partial charge in [-0.05, 0) is 25.3 Å². The Balaban J connectivity index is 0.000000292. The van der Waals surface area contributed by atoms with Crippen LogP contribution in [-0.2, 0) is 0 Å². The fraction of sp³-hybridized carbons (Fsp3) is 0.600. The van der Waals surface area contributed by atoms with Gasteiger partial charge < -0.3 is 5.73 Å². The van der Waals surface area contributed by atoms with Gasteiger partial charge in [-0.1, -0.05) is 32.4 Å². The number of rotatable bonds is 0. The second kappa shape index (κ2) is 6.02. The smallest absolute Gasteiger partial charge is 0.0113 e. The third-order valence-corrected chi connectivity index (χ3v) is 1.45. The van der Waals surface area contributed by atoms with E-state index in [1.807, 2.05) is 6.92 Å². The van der Waals surface area contributed by atoms with E-state index in [0.29, 0.717) is 0 Å². The van der Waals surface area contributed by atoms with Gasteiger partial charge in [0.05, 0.1) is 0 Å². The maximum Gasteiger partial charge on any atom is 0.0113 e. The summed E-state index contributed by atoms with van der Waals surface area (Å²) in [6, 6.07) is 0. The van der Waals surface area contributed by atoms with Gasteiger partial charge in [-0.15, -0.1) is 0 Å². The second-order valence-electron chi connectivity index (χ2n) is 2.86. The summed E-state index contributed by atoms with van der Waals surface area (Å²) in [5.41, 5.74) is 7.89. The molecule has 0 fully saturated rings. The van der Waals surface area contributed by atoms with Gasteiger partial charge in [-0.25, -0.2) is 0 Å². The lowest BCUT2D eigenvalue weighted by molar-refractivity contribution is 0.922. The Kier molecular flexibility index (Phi) is 5.63. The molecule has 0 spiro atoms. The van der Waals surface area contributed by atoms with Crippen LogP contribution in [0.3, 0.4) is 0 Å². The van der Waals surface area contributed by atoms with Crippen molar-refractivity contribution in [2.75, 3.05) is 0 Å². The van der Waals surface area contributed by atoms with E-state index in [9.17, 15) is 0 Å².